The number of carbonyl (C=O) groups excluding carboxylic acids is 1. The van der Waals surface area contributed by atoms with Crippen molar-refractivity contribution >= 4 is 11.6 Å². The van der Waals surface area contributed by atoms with Crippen LogP contribution in [0.1, 0.15) is 17.3 Å². The van der Waals surface area contributed by atoms with Crippen LogP contribution in [0.5, 0.6) is 0 Å². The molecule has 0 aliphatic carbocycles. The van der Waals surface area contributed by atoms with Crippen LogP contribution in [-0.2, 0) is 0 Å². The topological polar surface area (TPSA) is 58.4 Å². The quantitative estimate of drug-likeness (QED) is 0.836. The number of anilines is 1. The Morgan fingerprint density at radius 2 is 2.26 bits per heavy atom. The van der Waals surface area contributed by atoms with Gasteiger partial charge in [0.1, 0.15) is 5.82 Å². The standard InChI is InChI=1S/C14H18FN3O/c1-8-11-6-17-5-10(11)7-18(8)13-3-2-9(14(16)19)4-12(13)15/h2-4,8,10-11,17H,5-7H2,1H3,(H2,16,19). The summed E-state index contributed by atoms with van der Waals surface area (Å²) in [5.41, 5.74) is 5.95. The molecule has 102 valence electrons. The van der Waals surface area contributed by atoms with E-state index in [-0.39, 0.29) is 11.4 Å². The summed E-state index contributed by atoms with van der Waals surface area (Å²) in [6.07, 6.45) is 0. The number of hydrogen-bond acceptors (Lipinski definition) is 3. The van der Waals surface area contributed by atoms with Crippen LogP contribution < -0.4 is 16.0 Å². The molecule has 3 atom stereocenters. The van der Waals surface area contributed by atoms with E-state index in [0.717, 1.165) is 19.6 Å². The summed E-state index contributed by atoms with van der Waals surface area (Å²) in [5.74, 6) is 0.206. The van der Waals surface area contributed by atoms with E-state index in [1.54, 1.807) is 12.1 Å². The van der Waals surface area contributed by atoms with E-state index in [0.29, 0.717) is 23.6 Å². The van der Waals surface area contributed by atoms with Gasteiger partial charge in [0.15, 0.2) is 0 Å². The summed E-state index contributed by atoms with van der Waals surface area (Å²) < 4.78 is 14.1. The van der Waals surface area contributed by atoms with Crippen molar-refractivity contribution in [2.45, 2.75) is 13.0 Å². The van der Waals surface area contributed by atoms with E-state index < -0.39 is 5.91 Å². The van der Waals surface area contributed by atoms with E-state index in [2.05, 4.69) is 17.1 Å². The van der Waals surface area contributed by atoms with Crippen LogP contribution in [0.4, 0.5) is 10.1 Å². The molecule has 1 aromatic rings. The van der Waals surface area contributed by atoms with E-state index in [4.69, 9.17) is 5.73 Å². The summed E-state index contributed by atoms with van der Waals surface area (Å²) in [6, 6.07) is 4.81. The zero-order valence-electron chi connectivity index (χ0n) is 10.9. The molecule has 1 amide bonds. The number of nitrogens with one attached hydrogen (secondary N) is 1. The molecule has 3 unspecified atom stereocenters. The van der Waals surface area contributed by atoms with Gasteiger partial charge in [-0.25, -0.2) is 4.39 Å². The van der Waals surface area contributed by atoms with Crippen LogP contribution in [-0.4, -0.2) is 31.6 Å². The molecule has 0 aromatic heterocycles. The van der Waals surface area contributed by atoms with Crippen molar-refractivity contribution in [3.8, 4) is 0 Å². The Balaban J connectivity index is 1.89. The molecule has 0 radical (unpaired) electrons. The molecule has 0 spiro atoms. The molecule has 1 aromatic carbocycles. The number of primary amides is 1. The highest BCUT2D eigenvalue weighted by atomic mass is 19.1. The van der Waals surface area contributed by atoms with Gasteiger partial charge in [-0.05, 0) is 37.0 Å². The van der Waals surface area contributed by atoms with Gasteiger partial charge in [-0.3, -0.25) is 4.79 Å². The van der Waals surface area contributed by atoms with Gasteiger partial charge in [0.25, 0.3) is 0 Å². The highest BCUT2D eigenvalue weighted by Crippen LogP contribution is 2.36. The molecule has 3 rings (SSSR count). The van der Waals surface area contributed by atoms with E-state index in [1.165, 1.54) is 6.07 Å². The van der Waals surface area contributed by atoms with Gasteiger partial charge in [-0.15, -0.1) is 0 Å². The zero-order chi connectivity index (χ0) is 13.6. The smallest absolute Gasteiger partial charge is 0.248 e. The summed E-state index contributed by atoms with van der Waals surface area (Å²) in [4.78, 5) is 13.2. The average Bonchev–Trinajstić information content (AvgIpc) is 2.93. The van der Waals surface area contributed by atoms with Crippen molar-refractivity contribution in [1.82, 2.24) is 5.32 Å². The minimum atomic E-state index is -0.596. The normalized spacial score (nSPS) is 29.6. The number of carbonyl (C=O) groups is 1. The van der Waals surface area contributed by atoms with Gasteiger partial charge in [0.05, 0.1) is 5.69 Å². The molecule has 2 aliphatic heterocycles. The lowest BCUT2D eigenvalue weighted by Crippen LogP contribution is -2.33. The first-order valence-corrected chi connectivity index (χ1v) is 6.64. The van der Waals surface area contributed by atoms with Gasteiger partial charge in [-0.1, -0.05) is 0 Å². The highest BCUT2D eigenvalue weighted by Gasteiger charge is 2.42. The Bertz CT molecular complexity index is 519. The molecule has 4 nitrogen and oxygen atoms in total. The molecule has 0 bridgehead atoms. The summed E-state index contributed by atoms with van der Waals surface area (Å²) >= 11 is 0. The van der Waals surface area contributed by atoms with Crippen molar-refractivity contribution in [1.29, 1.82) is 0 Å². The van der Waals surface area contributed by atoms with Gasteiger partial charge >= 0.3 is 0 Å². The van der Waals surface area contributed by atoms with E-state index in [9.17, 15) is 9.18 Å². The third-order valence-electron chi connectivity index (χ3n) is 4.48. The number of nitrogens with two attached hydrogens (primary N) is 1. The van der Waals surface area contributed by atoms with Crippen LogP contribution >= 0.6 is 0 Å². The number of nitrogens with zero attached hydrogens (tertiary/aromatic N) is 1. The van der Waals surface area contributed by atoms with E-state index >= 15 is 0 Å². The maximum absolute atomic E-state index is 14.1. The van der Waals surface area contributed by atoms with Crippen molar-refractivity contribution in [3.05, 3.63) is 29.6 Å². The lowest BCUT2D eigenvalue weighted by atomic mass is 9.95. The second-order valence-corrected chi connectivity index (χ2v) is 5.51. The third-order valence-corrected chi connectivity index (χ3v) is 4.48. The van der Waals surface area contributed by atoms with E-state index in [1.807, 2.05) is 0 Å². The average molecular weight is 263 g/mol. The molecular weight excluding hydrogens is 245 g/mol. The fourth-order valence-electron chi connectivity index (χ4n) is 3.38. The minimum absolute atomic E-state index is 0.218. The zero-order valence-corrected chi connectivity index (χ0v) is 10.9. The van der Waals surface area contributed by atoms with Gasteiger partial charge < -0.3 is 16.0 Å². The molecule has 3 N–H and O–H groups in total. The second kappa shape index (κ2) is 4.49. The number of halogens is 1. The SMILES string of the molecule is CC1C2CNCC2CN1c1ccc(C(N)=O)cc1F. The number of fused-ring (bicyclic) bond motifs is 1. The predicted molar refractivity (Wildman–Crippen MR) is 71.6 cm³/mol. The minimum Gasteiger partial charge on any atom is -0.366 e. The number of rotatable bonds is 2. The monoisotopic (exact) mass is 263 g/mol. The maximum Gasteiger partial charge on any atom is 0.248 e. The first-order chi connectivity index (χ1) is 9.08. The molecule has 2 heterocycles. The first kappa shape index (κ1) is 12.4. The van der Waals surface area contributed by atoms with Crippen molar-refractivity contribution in [3.63, 3.8) is 0 Å². The molecule has 2 saturated heterocycles. The summed E-state index contributed by atoms with van der Waals surface area (Å²) in [7, 11) is 0. The molecular formula is C14H18FN3O. The Morgan fingerprint density at radius 3 is 2.89 bits per heavy atom. The lowest BCUT2D eigenvalue weighted by Gasteiger charge is -2.27. The predicted octanol–water partition coefficient (Wildman–Crippen LogP) is 0.969. The van der Waals surface area contributed by atoms with Crippen LogP contribution in [0, 0.1) is 17.7 Å². The summed E-state index contributed by atoms with van der Waals surface area (Å²) in [5, 5.41) is 3.38. The number of benzene rings is 1. The fraction of sp³-hybridized carbons (Fsp3) is 0.500. The van der Waals surface area contributed by atoms with Gasteiger partial charge in [0, 0.05) is 31.2 Å². The Kier molecular flexibility index (Phi) is 2.93. The molecule has 2 fully saturated rings. The van der Waals surface area contributed by atoms with Crippen molar-refractivity contribution in [2.24, 2.45) is 17.6 Å². The molecule has 19 heavy (non-hydrogen) atoms. The highest BCUT2D eigenvalue weighted by molar-refractivity contribution is 5.93. The first-order valence-electron chi connectivity index (χ1n) is 6.64. The van der Waals surface area contributed by atoms with Crippen LogP contribution in [0.15, 0.2) is 18.2 Å². The van der Waals surface area contributed by atoms with Gasteiger partial charge in [-0.2, -0.15) is 0 Å². The largest absolute Gasteiger partial charge is 0.366 e. The number of hydrogen-bond donors (Lipinski definition) is 2. The second-order valence-electron chi connectivity index (χ2n) is 5.51. The van der Waals surface area contributed by atoms with Crippen LogP contribution in [0.3, 0.4) is 0 Å². The Hall–Kier alpha value is -1.62. The number of amides is 1. The molecule has 0 saturated carbocycles. The molecule has 5 heteroatoms. The molecule has 2 aliphatic rings. The van der Waals surface area contributed by atoms with Crippen molar-refractivity contribution in [2.75, 3.05) is 24.5 Å². The third kappa shape index (κ3) is 1.98. The fourth-order valence-corrected chi connectivity index (χ4v) is 3.38. The Labute approximate surface area is 111 Å². The lowest BCUT2D eigenvalue weighted by molar-refractivity contribution is 0.1000. The maximum atomic E-state index is 14.1. The van der Waals surface area contributed by atoms with Crippen LogP contribution in [0.25, 0.3) is 0 Å². The van der Waals surface area contributed by atoms with Crippen molar-refractivity contribution < 1.29 is 9.18 Å². The summed E-state index contributed by atoms with van der Waals surface area (Å²) in [6.45, 7) is 5.01. The van der Waals surface area contributed by atoms with Gasteiger partial charge in [0.2, 0.25) is 5.91 Å². The van der Waals surface area contributed by atoms with Crippen LogP contribution in [0.2, 0.25) is 0 Å². The Morgan fingerprint density at radius 1 is 1.47 bits per heavy atom.